The molecule has 0 saturated heterocycles. The molecule has 0 radical (unpaired) electrons. The third-order valence-corrected chi connectivity index (χ3v) is 7.63. The molecule has 3 N–H and O–H groups in total. The second kappa shape index (κ2) is 9.85. The topological polar surface area (TPSA) is 113 Å². The number of rotatable bonds is 7. The molecule has 1 aliphatic heterocycles. The molecule has 1 saturated carbocycles. The van der Waals surface area contributed by atoms with Crippen molar-refractivity contribution in [1.82, 2.24) is 15.6 Å². The van der Waals surface area contributed by atoms with E-state index in [0.29, 0.717) is 27.5 Å². The third kappa shape index (κ3) is 4.76. The molecule has 3 heterocycles. The van der Waals surface area contributed by atoms with Crippen LogP contribution in [0.2, 0.25) is 0 Å². The van der Waals surface area contributed by atoms with Crippen LogP contribution in [0.1, 0.15) is 48.3 Å². The number of hydrogen-bond acceptors (Lipinski definition) is 6. The molecule has 1 aromatic carbocycles. The van der Waals surface area contributed by atoms with Gasteiger partial charge in [0.05, 0.1) is 28.6 Å². The minimum absolute atomic E-state index is 0.00124. The minimum Gasteiger partial charge on any atom is -0.491 e. The van der Waals surface area contributed by atoms with Crippen LogP contribution in [-0.4, -0.2) is 41.0 Å². The Hall–Kier alpha value is -3.92. The van der Waals surface area contributed by atoms with Gasteiger partial charge in [0.15, 0.2) is 0 Å². The number of thiophene rings is 1. The molecule has 2 aromatic heterocycles. The van der Waals surface area contributed by atoms with Crippen LogP contribution in [0.5, 0.6) is 5.75 Å². The zero-order valence-electron chi connectivity index (χ0n) is 21.0. The van der Waals surface area contributed by atoms with Crippen LogP contribution in [0.3, 0.4) is 0 Å². The summed E-state index contributed by atoms with van der Waals surface area (Å²) in [4.78, 5) is 45.5. The van der Waals surface area contributed by atoms with Crippen LogP contribution >= 0.6 is 11.3 Å². The summed E-state index contributed by atoms with van der Waals surface area (Å²) in [6.45, 7) is 9.34. The van der Waals surface area contributed by atoms with E-state index in [4.69, 9.17) is 4.74 Å². The van der Waals surface area contributed by atoms with E-state index in [2.05, 4.69) is 27.5 Å². The molecule has 9 nitrogen and oxygen atoms in total. The molecule has 192 valence electrons. The maximum absolute atomic E-state index is 13.4. The lowest BCUT2D eigenvalue weighted by Crippen LogP contribution is -2.37. The Morgan fingerprint density at radius 2 is 1.97 bits per heavy atom. The molecule has 0 spiro atoms. The molecule has 5 rings (SSSR count). The quantitative estimate of drug-likeness (QED) is 0.379. The van der Waals surface area contributed by atoms with Crippen LogP contribution in [0.15, 0.2) is 43.1 Å². The van der Waals surface area contributed by atoms with E-state index in [1.807, 2.05) is 39.0 Å². The predicted molar refractivity (Wildman–Crippen MR) is 145 cm³/mol. The number of amides is 4. The normalized spacial score (nSPS) is 18.6. The van der Waals surface area contributed by atoms with E-state index in [9.17, 15) is 14.4 Å². The summed E-state index contributed by atoms with van der Waals surface area (Å²) in [5.74, 6) is 0.265. The number of urea groups is 1. The Labute approximate surface area is 218 Å². The van der Waals surface area contributed by atoms with E-state index in [0.717, 1.165) is 35.2 Å². The van der Waals surface area contributed by atoms with Crippen molar-refractivity contribution in [3.63, 3.8) is 0 Å². The first-order chi connectivity index (χ1) is 17.7. The second-order valence-electron chi connectivity index (χ2n) is 9.59. The van der Waals surface area contributed by atoms with Crippen molar-refractivity contribution in [1.29, 1.82) is 0 Å². The number of carbonyl (C=O) groups excluding carboxylic acids is 3. The van der Waals surface area contributed by atoms with Gasteiger partial charge in [-0.3, -0.25) is 14.5 Å². The van der Waals surface area contributed by atoms with Crippen molar-refractivity contribution >= 4 is 56.5 Å². The molecule has 4 amide bonds. The molecule has 2 atom stereocenters. The fourth-order valence-electron chi connectivity index (χ4n) is 4.96. The van der Waals surface area contributed by atoms with Gasteiger partial charge in [0.25, 0.3) is 5.91 Å². The number of anilines is 3. The highest BCUT2D eigenvalue weighted by Gasteiger charge is 2.34. The van der Waals surface area contributed by atoms with Crippen molar-refractivity contribution in [3.05, 3.63) is 53.6 Å². The average molecular weight is 520 g/mol. The van der Waals surface area contributed by atoms with Gasteiger partial charge in [-0.25, -0.2) is 9.78 Å². The number of pyridine rings is 1. The van der Waals surface area contributed by atoms with E-state index in [-0.39, 0.29) is 36.0 Å². The van der Waals surface area contributed by atoms with Crippen LogP contribution in [0, 0.1) is 6.92 Å². The SMILES string of the molecule is C=CC(=O)N[C@H]1CC[C@@H](NC(=O)c2sc3nccc4c3c2NC(=O)N4c2ccc(OC(C)C)cc2C)C1. The van der Waals surface area contributed by atoms with Gasteiger partial charge in [0.1, 0.15) is 15.5 Å². The lowest BCUT2D eigenvalue weighted by Gasteiger charge is -2.29. The Balaban J connectivity index is 1.43. The molecular formula is C27H29N5O4S. The maximum atomic E-state index is 13.4. The number of aryl methyl sites for hydroxylation is 1. The van der Waals surface area contributed by atoms with Crippen LogP contribution in [0.25, 0.3) is 10.2 Å². The first kappa shape index (κ1) is 24.8. The van der Waals surface area contributed by atoms with Gasteiger partial charge in [-0.05, 0) is 75.9 Å². The largest absolute Gasteiger partial charge is 0.491 e. The Morgan fingerprint density at radius 3 is 2.68 bits per heavy atom. The van der Waals surface area contributed by atoms with Crippen molar-refractivity contribution in [2.75, 3.05) is 10.2 Å². The van der Waals surface area contributed by atoms with Gasteiger partial charge < -0.3 is 20.7 Å². The number of ether oxygens (including phenoxy) is 1. The highest BCUT2D eigenvalue weighted by atomic mass is 32.1. The van der Waals surface area contributed by atoms with Gasteiger partial charge in [0.2, 0.25) is 5.91 Å². The first-order valence-corrected chi connectivity index (χ1v) is 13.1. The molecule has 0 unspecified atom stereocenters. The average Bonchev–Trinajstić information content (AvgIpc) is 3.44. The Bertz CT molecular complexity index is 1420. The summed E-state index contributed by atoms with van der Waals surface area (Å²) in [5.41, 5.74) is 2.76. The lowest BCUT2D eigenvalue weighted by molar-refractivity contribution is -0.117. The predicted octanol–water partition coefficient (Wildman–Crippen LogP) is 5.03. The van der Waals surface area contributed by atoms with Crippen molar-refractivity contribution in [3.8, 4) is 5.75 Å². The molecule has 37 heavy (non-hydrogen) atoms. The number of nitrogens with one attached hydrogen (secondary N) is 3. The molecule has 3 aromatic rings. The van der Waals surface area contributed by atoms with E-state index in [1.54, 1.807) is 17.2 Å². The third-order valence-electron chi connectivity index (χ3n) is 6.53. The van der Waals surface area contributed by atoms with Gasteiger partial charge in [-0.1, -0.05) is 6.58 Å². The number of hydrogen-bond donors (Lipinski definition) is 3. The van der Waals surface area contributed by atoms with E-state index >= 15 is 0 Å². The Kier molecular flexibility index (Phi) is 6.59. The molecule has 10 heteroatoms. The summed E-state index contributed by atoms with van der Waals surface area (Å²) < 4.78 is 5.80. The monoisotopic (exact) mass is 519 g/mol. The van der Waals surface area contributed by atoms with Crippen molar-refractivity contribution < 1.29 is 19.1 Å². The summed E-state index contributed by atoms with van der Waals surface area (Å²) >= 11 is 1.25. The number of benzene rings is 1. The van der Waals surface area contributed by atoms with Crippen LogP contribution in [0.4, 0.5) is 21.9 Å². The fraction of sp³-hybridized carbons (Fsp3) is 0.333. The van der Waals surface area contributed by atoms with E-state index in [1.165, 1.54) is 17.4 Å². The van der Waals surface area contributed by atoms with Crippen LogP contribution in [-0.2, 0) is 4.79 Å². The molecule has 2 aliphatic rings. The smallest absolute Gasteiger partial charge is 0.331 e. The molecule has 1 fully saturated rings. The molecular weight excluding hydrogens is 490 g/mol. The van der Waals surface area contributed by atoms with Crippen molar-refractivity contribution in [2.45, 2.75) is 58.2 Å². The number of nitrogens with zero attached hydrogens (tertiary/aromatic N) is 2. The van der Waals surface area contributed by atoms with E-state index < -0.39 is 0 Å². The van der Waals surface area contributed by atoms with Gasteiger partial charge >= 0.3 is 6.03 Å². The highest BCUT2D eigenvalue weighted by molar-refractivity contribution is 7.21. The van der Waals surface area contributed by atoms with Gasteiger partial charge in [-0.2, -0.15) is 0 Å². The lowest BCUT2D eigenvalue weighted by atomic mass is 10.1. The summed E-state index contributed by atoms with van der Waals surface area (Å²) in [7, 11) is 0. The van der Waals surface area contributed by atoms with Gasteiger partial charge in [0, 0.05) is 18.3 Å². The number of carbonyl (C=O) groups is 3. The minimum atomic E-state index is -0.346. The number of aromatic nitrogens is 1. The molecule has 0 bridgehead atoms. The van der Waals surface area contributed by atoms with Crippen molar-refractivity contribution in [2.24, 2.45) is 0 Å². The highest BCUT2D eigenvalue weighted by Crippen LogP contribution is 2.46. The standard InChI is InChI=1S/C27H29N5O4S/c1-5-21(33)29-16-6-7-17(13-16)30-25(34)24-23-22-20(10-11-28-26(22)37-24)32(27(35)31-23)19-9-8-18(12-15(19)4)36-14(2)3/h5,8-12,14,16-17H,1,6-7,13H2,2-4H3,(H,29,33)(H,30,34)(H,31,35)/t16-,17+/m0/s1. The maximum Gasteiger partial charge on any atom is 0.331 e. The fourth-order valence-corrected chi connectivity index (χ4v) is 5.98. The van der Waals surface area contributed by atoms with Gasteiger partial charge in [-0.15, -0.1) is 11.3 Å². The van der Waals surface area contributed by atoms with Crippen LogP contribution < -0.4 is 25.6 Å². The summed E-state index contributed by atoms with van der Waals surface area (Å²) in [6.07, 6.45) is 5.13. The molecule has 1 aliphatic carbocycles. The zero-order valence-corrected chi connectivity index (χ0v) is 21.8. The second-order valence-corrected chi connectivity index (χ2v) is 10.6. The summed E-state index contributed by atoms with van der Waals surface area (Å²) in [6, 6.07) is 7.00. The Morgan fingerprint density at radius 1 is 1.22 bits per heavy atom. The summed E-state index contributed by atoms with van der Waals surface area (Å²) in [5, 5.41) is 9.64. The zero-order chi connectivity index (χ0) is 26.3. The first-order valence-electron chi connectivity index (χ1n) is 12.3.